The van der Waals surface area contributed by atoms with E-state index in [4.69, 9.17) is 4.98 Å². The monoisotopic (exact) mass is 448 g/mol. The smallest absolute Gasteiger partial charge is 0.252 e. The molecule has 33 heavy (non-hydrogen) atoms. The van der Waals surface area contributed by atoms with Gasteiger partial charge in [0.1, 0.15) is 11.6 Å². The lowest BCUT2D eigenvalue weighted by molar-refractivity contribution is 0.0952. The number of rotatable bonds is 6. The van der Waals surface area contributed by atoms with Crippen molar-refractivity contribution in [1.29, 1.82) is 0 Å². The second kappa shape index (κ2) is 8.98. The van der Waals surface area contributed by atoms with Crippen molar-refractivity contribution in [2.75, 3.05) is 23.3 Å². The SMILES string of the molecule is CC(Nc1cc(C(=O)NC2CC2)c2ccccc2n1)c1cc(F)ccc1N1CCC(O)CC1. The van der Waals surface area contributed by atoms with Crippen LogP contribution in [0.25, 0.3) is 10.9 Å². The first-order valence-electron chi connectivity index (χ1n) is 11.7. The molecule has 0 radical (unpaired) electrons. The maximum Gasteiger partial charge on any atom is 0.252 e. The van der Waals surface area contributed by atoms with Crippen molar-refractivity contribution in [3.63, 3.8) is 0 Å². The molecule has 0 spiro atoms. The fraction of sp³-hybridized carbons (Fsp3) is 0.385. The average Bonchev–Trinajstić information content (AvgIpc) is 3.63. The highest BCUT2D eigenvalue weighted by Crippen LogP contribution is 2.32. The summed E-state index contributed by atoms with van der Waals surface area (Å²) < 4.78 is 14.2. The van der Waals surface area contributed by atoms with Crippen molar-refractivity contribution in [2.24, 2.45) is 0 Å². The van der Waals surface area contributed by atoms with Crippen LogP contribution in [-0.4, -0.2) is 41.2 Å². The molecule has 1 amide bonds. The first-order valence-corrected chi connectivity index (χ1v) is 11.7. The Balaban J connectivity index is 1.45. The molecule has 3 aromatic rings. The van der Waals surface area contributed by atoms with Crippen LogP contribution in [0.3, 0.4) is 0 Å². The first-order chi connectivity index (χ1) is 16.0. The Hall–Kier alpha value is -3.19. The Morgan fingerprint density at radius 3 is 2.64 bits per heavy atom. The Morgan fingerprint density at radius 1 is 1.12 bits per heavy atom. The molecule has 172 valence electrons. The largest absolute Gasteiger partial charge is 0.393 e. The molecule has 2 aromatic carbocycles. The van der Waals surface area contributed by atoms with E-state index in [2.05, 4.69) is 15.5 Å². The van der Waals surface area contributed by atoms with Gasteiger partial charge < -0.3 is 20.6 Å². The van der Waals surface area contributed by atoms with Crippen LogP contribution in [0.2, 0.25) is 0 Å². The van der Waals surface area contributed by atoms with Crippen LogP contribution in [0.4, 0.5) is 15.9 Å². The van der Waals surface area contributed by atoms with Crippen LogP contribution < -0.4 is 15.5 Å². The number of para-hydroxylation sites is 1. The molecule has 1 saturated heterocycles. The zero-order valence-electron chi connectivity index (χ0n) is 18.7. The third kappa shape index (κ3) is 4.78. The lowest BCUT2D eigenvalue weighted by atomic mass is 10.0. The number of amides is 1. The van der Waals surface area contributed by atoms with Crippen molar-refractivity contribution in [1.82, 2.24) is 10.3 Å². The van der Waals surface area contributed by atoms with Gasteiger partial charge in [-0.1, -0.05) is 18.2 Å². The number of nitrogens with one attached hydrogen (secondary N) is 2. The van der Waals surface area contributed by atoms with E-state index in [0.29, 0.717) is 24.2 Å². The van der Waals surface area contributed by atoms with E-state index in [-0.39, 0.29) is 29.9 Å². The number of aromatic nitrogens is 1. The number of piperidine rings is 1. The number of pyridine rings is 1. The number of halogens is 1. The predicted octanol–water partition coefficient (Wildman–Crippen LogP) is 4.40. The fourth-order valence-electron chi connectivity index (χ4n) is 4.49. The van der Waals surface area contributed by atoms with E-state index < -0.39 is 0 Å². The lowest BCUT2D eigenvalue weighted by Crippen LogP contribution is -2.36. The highest BCUT2D eigenvalue weighted by Gasteiger charge is 2.26. The summed E-state index contributed by atoms with van der Waals surface area (Å²) in [6.45, 7) is 3.43. The van der Waals surface area contributed by atoms with Crippen LogP contribution in [-0.2, 0) is 0 Å². The maximum atomic E-state index is 14.2. The summed E-state index contributed by atoms with van der Waals surface area (Å²) in [7, 11) is 0. The maximum absolute atomic E-state index is 14.2. The van der Waals surface area contributed by atoms with E-state index in [0.717, 1.165) is 48.1 Å². The lowest BCUT2D eigenvalue weighted by Gasteiger charge is -2.34. The van der Waals surface area contributed by atoms with Gasteiger partial charge >= 0.3 is 0 Å². The summed E-state index contributed by atoms with van der Waals surface area (Å²) in [4.78, 5) is 19.8. The van der Waals surface area contributed by atoms with E-state index in [1.807, 2.05) is 37.3 Å². The van der Waals surface area contributed by atoms with Crippen LogP contribution in [0.15, 0.2) is 48.5 Å². The number of anilines is 2. The first kappa shape index (κ1) is 21.6. The Kier molecular flexibility index (Phi) is 5.89. The second-order valence-corrected chi connectivity index (χ2v) is 9.11. The van der Waals surface area contributed by atoms with E-state index in [9.17, 15) is 14.3 Å². The standard InChI is InChI=1S/C26H29FN4O2/c1-16(21-14-17(27)6-9-24(21)31-12-10-19(32)11-13-31)28-25-15-22(26(33)29-18-7-8-18)20-4-2-3-5-23(20)30-25/h2-6,9,14-16,18-19,32H,7-8,10-13H2,1H3,(H,28,30)(H,29,33). The molecule has 5 rings (SSSR count). The minimum absolute atomic E-state index is 0.0925. The molecule has 6 nitrogen and oxygen atoms in total. The van der Waals surface area contributed by atoms with Crippen LogP contribution in [0.1, 0.15) is 54.6 Å². The molecule has 1 aliphatic carbocycles. The van der Waals surface area contributed by atoms with Gasteiger partial charge in [0.05, 0.1) is 23.2 Å². The van der Waals surface area contributed by atoms with Crippen LogP contribution in [0, 0.1) is 5.82 Å². The summed E-state index contributed by atoms with van der Waals surface area (Å²) in [6.07, 6.45) is 3.16. The number of hydrogen-bond acceptors (Lipinski definition) is 5. The number of nitrogens with zero attached hydrogens (tertiary/aromatic N) is 2. The van der Waals surface area contributed by atoms with Crippen LogP contribution >= 0.6 is 0 Å². The molecule has 1 unspecified atom stereocenters. The van der Waals surface area contributed by atoms with Gasteiger partial charge in [-0.05, 0) is 62.9 Å². The van der Waals surface area contributed by atoms with E-state index in [1.165, 1.54) is 6.07 Å². The quantitative estimate of drug-likeness (QED) is 0.521. The zero-order chi connectivity index (χ0) is 22.9. The van der Waals surface area contributed by atoms with Gasteiger partial charge in [-0.3, -0.25) is 4.79 Å². The van der Waals surface area contributed by atoms with Crippen molar-refractivity contribution in [3.05, 3.63) is 65.5 Å². The molecule has 2 aliphatic rings. The molecule has 2 heterocycles. The molecule has 1 atom stereocenters. The van der Waals surface area contributed by atoms with Gasteiger partial charge in [0.2, 0.25) is 0 Å². The number of carbonyl (C=O) groups excluding carboxylic acids is 1. The highest BCUT2D eigenvalue weighted by molar-refractivity contribution is 6.07. The summed E-state index contributed by atoms with van der Waals surface area (Å²) in [6, 6.07) is 14.3. The average molecular weight is 449 g/mol. The van der Waals surface area contributed by atoms with Crippen molar-refractivity contribution < 1.29 is 14.3 Å². The number of carbonyl (C=O) groups is 1. The predicted molar refractivity (Wildman–Crippen MR) is 128 cm³/mol. The molecule has 7 heteroatoms. The van der Waals surface area contributed by atoms with Gasteiger partial charge in [-0.25, -0.2) is 9.37 Å². The third-order valence-corrected chi connectivity index (χ3v) is 6.50. The third-order valence-electron chi connectivity index (χ3n) is 6.50. The molecule has 3 N–H and O–H groups in total. The minimum atomic E-state index is -0.296. The molecule has 2 fully saturated rings. The Labute approximate surface area is 192 Å². The van der Waals surface area contributed by atoms with Crippen molar-refractivity contribution >= 4 is 28.3 Å². The van der Waals surface area contributed by atoms with E-state index >= 15 is 0 Å². The molecule has 1 aromatic heterocycles. The van der Waals surface area contributed by atoms with Gasteiger partial charge in [0.25, 0.3) is 5.91 Å². The van der Waals surface area contributed by atoms with Crippen LogP contribution in [0.5, 0.6) is 0 Å². The van der Waals surface area contributed by atoms with E-state index in [1.54, 1.807) is 12.1 Å². The zero-order valence-corrected chi connectivity index (χ0v) is 18.7. The number of benzene rings is 2. The molecule has 1 saturated carbocycles. The molecular formula is C26H29FN4O2. The number of aliphatic hydroxyl groups excluding tert-OH is 1. The van der Waals surface area contributed by atoms with Gasteiger partial charge in [-0.15, -0.1) is 0 Å². The number of hydrogen-bond donors (Lipinski definition) is 3. The topological polar surface area (TPSA) is 77.5 Å². The number of fused-ring (bicyclic) bond motifs is 1. The van der Waals surface area contributed by atoms with Crippen molar-refractivity contribution in [3.8, 4) is 0 Å². The minimum Gasteiger partial charge on any atom is -0.393 e. The molecule has 1 aliphatic heterocycles. The summed E-state index contributed by atoms with van der Waals surface area (Å²) in [5.41, 5.74) is 3.10. The van der Waals surface area contributed by atoms with Gasteiger partial charge in [-0.2, -0.15) is 0 Å². The summed E-state index contributed by atoms with van der Waals surface area (Å²) >= 11 is 0. The Morgan fingerprint density at radius 2 is 1.88 bits per heavy atom. The highest BCUT2D eigenvalue weighted by atomic mass is 19.1. The molecule has 0 bridgehead atoms. The summed E-state index contributed by atoms with van der Waals surface area (Å²) in [5, 5.41) is 17.1. The normalized spacial score (nSPS) is 17.7. The van der Waals surface area contributed by atoms with Gasteiger partial charge in [0, 0.05) is 35.8 Å². The molecular weight excluding hydrogens is 419 g/mol. The summed E-state index contributed by atoms with van der Waals surface area (Å²) in [5.74, 6) is 0.187. The number of aliphatic hydroxyl groups is 1. The second-order valence-electron chi connectivity index (χ2n) is 9.11. The Bertz CT molecular complexity index is 1170. The fourth-order valence-corrected chi connectivity index (χ4v) is 4.49. The van der Waals surface area contributed by atoms with Gasteiger partial charge in [0.15, 0.2) is 0 Å². The van der Waals surface area contributed by atoms with Crippen molar-refractivity contribution in [2.45, 2.75) is 50.8 Å².